The number of aliphatic imine (C=N–C) groups is 1. The van der Waals surface area contributed by atoms with E-state index in [0.717, 1.165) is 37.9 Å². The normalized spacial score (nSPS) is 22.4. The quantitative estimate of drug-likeness (QED) is 0.572. The molecule has 1 aliphatic rings. The van der Waals surface area contributed by atoms with Crippen molar-refractivity contribution in [3.05, 3.63) is 17.8 Å². The second-order valence-electron chi connectivity index (χ2n) is 9.39. The number of oxazole rings is 1. The molecular weight excluding hydrogens is 354 g/mol. The first kappa shape index (κ1) is 22.7. The van der Waals surface area contributed by atoms with Gasteiger partial charge in [-0.15, -0.1) is 0 Å². The molecule has 1 aromatic rings. The first-order valence-corrected chi connectivity index (χ1v) is 10.4. The van der Waals surface area contributed by atoms with Gasteiger partial charge < -0.3 is 19.8 Å². The van der Waals surface area contributed by atoms with E-state index in [1.54, 1.807) is 6.20 Å². The van der Waals surface area contributed by atoms with E-state index in [4.69, 9.17) is 9.15 Å². The van der Waals surface area contributed by atoms with E-state index in [-0.39, 0.29) is 23.2 Å². The molecule has 2 rings (SSSR count). The number of nitrogens with zero attached hydrogens (tertiary/aromatic N) is 3. The van der Waals surface area contributed by atoms with E-state index in [2.05, 4.69) is 80.9 Å². The molecule has 0 amide bonds. The lowest BCUT2D eigenvalue weighted by Crippen LogP contribution is -2.59. The number of hydrogen-bond acceptors (Lipinski definition) is 5. The van der Waals surface area contributed by atoms with E-state index in [9.17, 15) is 0 Å². The molecular formula is C21H39N5O2. The van der Waals surface area contributed by atoms with Crippen molar-refractivity contribution in [3.8, 4) is 0 Å². The van der Waals surface area contributed by atoms with Crippen molar-refractivity contribution < 1.29 is 9.15 Å². The van der Waals surface area contributed by atoms with Crippen molar-refractivity contribution in [2.24, 2.45) is 4.99 Å². The van der Waals surface area contributed by atoms with E-state index in [1.807, 2.05) is 0 Å². The van der Waals surface area contributed by atoms with Crippen molar-refractivity contribution in [2.75, 3.05) is 26.2 Å². The molecule has 0 aromatic carbocycles. The van der Waals surface area contributed by atoms with Gasteiger partial charge in [0.05, 0.1) is 18.4 Å². The minimum absolute atomic E-state index is 0.00910. The molecule has 0 bridgehead atoms. The Morgan fingerprint density at radius 3 is 2.36 bits per heavy atom. The second-order valence-corrected chi connectivity index (χ2v) is 9.39. The summed E-state index contributed by atoms with van der Waals surface area (Å²) in [6, 6.07) is 0. The fraction of sp³-hybridized carbons (Fsp3) is 0.810. The molecule has 1 saturated heterocycles. The first-order chi connectivity index (χ1) is 13.0. The number of nitrogens with one attached hydrogen (secondary N) is 2. The standard InChI is InChI=1S/C21H39N5O2/c1-9-22-19(24-11-18-23-10-17(28-18)20(4,5)6)25-14-21(7,8)26-12-15(2)27-16(3)13-26/h10,15-16H,9,11-14H2,1-8H3,(H2,22,24,25). The Balaban J connectivity index is 1.97. The minimum atomic E-state index is -0.0475. The molecule has 1 aliphatic heterocycles. The fourth-order valence-electron chi connectivity index (χ4n) is 3.30. The summed E-state index contributed by atoms with van der Waals surface area (Å²) in [5.41, 5.74) is -0.0566. The Morgan fingerprint density at radius 2 is 1.82 bits per heavy atom. The van der Waals surface area contributed by atoms with Gasteiger partial charge in [0.15, 0.2) is 5.96 Å². The predicted octanol–water partition coefficient (Wildman–Crippen LogP) is 2.92. The molecule has 0 saturated carbocycles. The van der Waals surface area contributed by atoms with Gasteiger partial charge in [-0.05, 0) is 34.6 Å². The molecule has 7 nitrogen and oxygen atoms in total. The molecule has 1 fully saturated rings. The number of morpholine rings is 1. The Labute approximate surface area is 170 Å². The smallest absolute Gasteiger partial charge is 0.216 e. The minimum Gasteiger partial charge on any atom is -0.443 e. The third-order valence-corrected chi connectivity index (χ3v) is 4.97. The maximum absolute atomic E-state index is 5.87. The van der Waals surface area contributed by atoms with Crippen LogP contribution in [0, 0.1) is 0 Å². The van der Waals surface area contributed by atoms with E-state index < -0.39 is 0 Å². The Hall–Kier alpha value is -1.60. The van der Waals surface area contributed by atoms with Gasteiger partial charge in [-0.2, -0.15) is 0 Å². The van der Waals surface area contributed by atoms with Crippen LogP contribution in [0.4, 0.5) is 0 Å². The van der Waals surface area contributed by atoms with Crippen LogP contribution in [0.15, 0.2) is 15.6 Å². The largest absolute Gasteiger partial charge is 0.443 e. The van der Waals surface area contributed by atoms with Gasteiger partial charge in [-0.1, -0.05) is 20.8 Å². The van der Waals surface area contributed by atoms with Gasteiger partial charge in [0, 0.05) is 37.1 Å². The Kier molecular flexibility index (Phi) is 7.51. The number of aromatic nitrogens is 1. The highest BCUT2D eigenvalue weighted by Gasteiger charge is 2.33. The van der Waals surface area contributed by atoms with E-state index >= 15 is 0 Å². The second kappa shape index (κ2) is 9.27. The Morgan fingerprint density at radius 1 is 1.18 bits per heavy atom. The molecule has 1 aromatic heterocycles. The summed E-state index contributed by atoms with van der Waals surface area (Å²) in [7, 11) is 0. The average molecular weight is 394 g/mol. The van der Waals surface area contributed by atoms with Crippen LogP contribution in [0.1, 0.15) is 67.0 Å². The zero-order chi connectivity index (χ0) is 20.9. The Bertz CT molecular complexity index is 637. The summed E-state index contributed by atoms with van der Waals surface area (Å²) in [4.78, 5) is 11.5. The van der Waals surface area contributed by atoms with Gasteiger partial charge >= 0.3 is 0 Å². The molecule has 0 radical (unpaired) electrons. The SMILES string of the molecule is CCNC(=NCc1ncc(C(C)(C)C)o1)NCC(C)(C)N1CC(C)OC(C)C1. The van der Waals surface area contributed by atoms with Crippen LogP contribution < -0.4 is 10.6 Å². The summed E-state index contributed by atoms with van der Waals surface area (Å²) in [5, 5.41) is 6.79. The molecule has 7 heteroatoms. The van der Waals surface area contributed by atoms with E-state index in [1.165, 1.54) is 0 Å². The van der Waals surface area contributed by atoms with Crippen molar-refractivity contribution in [1.82, 2.24) is 20.5 Å². The zero-order valence-electron chi connectivity index (χ0n) is 18.9. The molecule has 2 atom stereocenters. The van der Waals surface area contributed by atoms with Gasteiger partial charge in [0.1, 0.15) is 12.3 Å². The molecule has 2 N–H and O–H groups in total. The third-order valence-electron chi connectivity index (χ3n) is 4.97. The molecule has 2 heterocycles. The number of guanidine groups is 1. The topological polar surface area (TPSA) is 74.9 Å². The van der Waals surface area contributed by atoms with Crippen LogP contribution in [0.25, 0.3) is 0 Å². The molecule has 0 aliphatic carbocycles. The number of hydrogen-bond donors (Lipinski definition) is 2. The van der Waals surface area contributed by atoms with E-state index in [0.29, 0.717) is 12.4 Å². The highest BCUT2D eigenvalue weighted by molar-refractivity contribution is 5.79. The number of rotatable bonds is 6. The monoisotopic (exact) mass is 393 g/mol. The third kappa shape index (κ3) is 6.48. The van der Waals surface area contributed by atoms with Gasteiger partial charge in [0.25, 0.3) is 0 Å². The first-order valence-electron chi connectivity index (χ1n) is 10.4. The summed E-state index contributed by atoms with van der Waals surface area (Å²) in [5.74, 6) is 2.30. The van der Waals surface area contributed by atoms with Gasteiger partial charge in [-0.25, -0.2) is 9.98 Å². The highest BCUT2D eigenvalue weighted by atomic mass is 16.5. The van der Waals surface area contributed by atoms with Crippen LogP contribution in [0.3, 0.4) is 0 Å². The zero-order valence-corrected chi connectivity index (χ0v) is 18.9. The number of ether oxygens (including phenoxy) is 1. The van der Waals surface area contributed by atoms with Gasteiger partial charge in [-0.3, -0.25) is 4.90 Å². The van der Waals surface area contributed by atoms with Crippen molar-refractivity contribution in [3.63, 3.8) is 0 Å². The maximum Gasteiger partial charge on any atom is 0.216 e. The molecule has 2 unspecified atom stereocenters. The van der Waals surface area contributed by atoms with Crippen LogP contribution in [0.5, 0.6) is 0 Å². The summed E-state index contributed by atoms with van der Waals surface area (Å²) in [6.07, 6.45) is 2.31. The predicted molar refractivity (Wildman–Crippen MR) is 114 cm³/mol. The average Bonchev–Trinajstić information content (AvgIpc) is 3.06. The highest BCUT2D eigenvalue weighted by Crippen LogP contribution is 2.23. The van der Waals surface area contributed by atoms with Crippen LogP contribution in [-0.2, 0) is 16.7 Å². The lowest BCUT2D eigenvalue weighted by atomic mass is 9.94. The summed E-state index contributed by atoms with van der Waals surface area (Å²) in [6.45, 7) is 21.1. The summed E-state index contributed by atoms with van der Waals surface area (Å²) >= 11 is 0. The fourth-order valence-corrected chi connectivity index (χ4v) is 3.30. The summed E-state index contributed by atoms with van der Waals surface area (Å²) < 4.78 is 11.7. The maximum atomic E-state index is 5.87. The molecule has 160 valence electrons. The lowest BCUT2D eigenvalue weighted by Gasteiger charge is -2.45. The van der Waals surface area contributed by atoms with Crippen molar-refractivity contribution in [2.45, 2.75) is 85.1 Å². The van der Waals surface area contributed by atoms with Crippen LogP contribution in [-0.4, -0.2) is 59.8 Å². The molecule has 0 spiro atoms. The van der Waals surface area contributed by atoms with Gasteiger partial charge in [0.2, 0.25) is 5.89 Å². The molecule has 28 heavy (non-hydrogen) atoms. The van der Waals surface area contributed by atoms with Crippen LogP contribution >= 0.6 is 0 Å². The van der Waals surface area contributed by atoms with Crippen molar-refractivity contribution >= 4 is 5.96 Å². The van der Waals surface area contributed by atoms with Crippen molar-refractivity contribution in [1.29, 1.82) is 0 Å². The van der Waals surface area contributed by atoms with Crippen LogP contribution in [0.2, 0.25) is 0 Å². The lowest BCUT2D eigenvalue weighted by molar-refractivity contribution is -0.0946.